The fourth-order valence-corrected chi connectivity index (χ4v) is 9.10. The molecule has 14 N–H and O–H groups in total. The standard InChI is InChI=1S/C39H54N10O14S/c1-4-16(2)31-36(60)42-11-29(55)43-25-15-64(63)38-21(20-6-5-18(51)7-22(20)46-38)9-23(33(57)41-12-30(56)47-31)44-37(61)32(17(3)27(53)14-50)48-35(59)26-8-19(52)13-49(26)39(62)24(10-28(40)54)45-34(25)58/h5-7,16-17,19,23-27,31-32,46,50-53H,4,8-15H2,1-3H3,(H2,40,54)(H,41,57)(H,42,60)(H,43,55)(H,44,61)(H,45,58)(H,47,56)(H,48,59)/t16-,17-,19+,23-,24-,25+,26-,27-,31-,32?,64?/m0/s1. The van der Waals surface area contributed by atoms with E-state index in [-0.39, 0.29) is 27.2 Å². The first-order valence-corrected chi connectivity index (χ1v) is 21.9. The van der Waals surface area contributed by atoms with Gasteiger partial charge < -0.3 is 73.3 Å². The molecule has 0 spiro atoms. The molecule has 24 nitrogen and oxygen atoms in total. The van der Waals surface area contributed by atoms with E-state index in [0.29, 0.717) is 6.42 Å². The minimum absolute atomic E-state index is 0.0800. The molecule has 2 bridgehead atoms. The summed E-state index contributed by atoms with van der Waals surface area (Å²) in [6.45, 7) is 1.76. The van der Waals surface area contributed by atoms with Gasteiger partial charge in [-0.3, -0.25) is 47.4 Å². The number of aliphatic hydroxyl groups is 3. The van der Waals surface area contributed by atoms with E-state index in [1.807, 2.05) is 0 Å². The van der Waals surface area contributed by atoms with Crippen LogP contribution >= 0.6 is 0 Å². The van der Waals surface area contributed by atoms with Gasteiger partial charge in [0, 0.05) is 36.8 Å². The predicted octanol–water partition coefficient (Wildman–Crippen LogP) is -5.92. The zero-order chi connectivity index (χ0) is 47.2. The Morgan fingerprint density at radius 1 is 0.875 bits per heavy atom. The van der Waals surface area contributed by atoms with Crippen LogP contribution in [0.4, 0.5) is 0 Å². The Kier molecular flexibility index (Phi) is 16.0. The van der Waals surface area contributed by atoms with Gasteiger partial charge in [-0.25, -0.2) is 0 Å². The fraction of sp³-hybridized carbons (Fsp3) is 0.564. The number of nitrogens with zero attached hydrogens (tertiary/aromatic N) is 1. The monoisotopic (exact) mass is 918 g/mol. The molecule has 3 aliphatic heterocycles. The number of fused-ring (bicyclic) bond motifs is 5. The fourth-order valence-electron chi connectivity index (χ4n) is 7.70. The molecule has 2 aromatic rings. The zero-order valence-electron chi connectivity index (χ0n) is 35.2. The Bertz CT molecular complexity index is 2200. The second kappa shape index (κ2) is 21.0. The van der Waals surface area contributed by atoms with Gasteiger partial charge in [0.25, 0.3) is 0 Å². The van der Waals surface area contributed by atoms with Crippen molar-refractivity contribution in [1.82, 2.24) is 47.1 Å². The number of primary amides is 1. The van der Waals surface area contributed by atoms with Crippen molar-refractivity contribution in [2.24, 2.45) is 17.6 Å². The molecule has 1 aromatic carbocycles. The molecule has 350 valence electrons. The summed E-state index contributed by atoms with van der Waals surface area (Å²) >= 11 is 0. The van der Waals surface area contributed by atoms with Crippen LogP contribution in [-0.4, -0.2) is 168 Å². The molecule has 0 radical (unpaired) electrons. The van der Waals surface area contributed by atoms with Crippen LogP contribution < -0.4 is 43.0 Å². The van der Waals surface area contributed by atoms with Crippen molar-refractivity contribution < 1.29 is 67.8 Å². The Balaban J connectivity index is 1.73. The second-order valence-corrected chi connectivity index (χ2v) is 17.6. The van der Waals surface area contributed by atoms with Crippen molar-refractivity contribution >= 4 is 74.9 Å². The highest BCUT2D eigenvalue weighted by molar-refractivity contribution is 7.85. The van der Waals surface area contributed by atoms with Gasteiger partial charge in [0.15, 0.2) is 0 Å². The number of carbonyl (C=O) groups is 9. The number of phenolic OH excluding ortho intramolecular Hbond substituents is 1. The van der Waals surface area contributed by atoms with Crippen LogP contribution in [0.25, 0.3) is 10.9 Å². The maximum Gasteiger partial charge on any atom is 0.246 e. The number of H-pyrrole nitrogens is 1. The van der Waals surface area contributed by atoms with E-state index in [1.165, 1.54) is 25.1 Å². The lowest BCUT2D eigenvalue weighted by molar-refractivity contribution is -0.144. The van der Waals surface area contributed by atoms with E-state index < -0.39 is 176 Å². The summed E-state index contributed by atoms with van der Waals surface area (Å²) < 4.78 is 14.6. The number of benzene rings is 1. The minimum Gasteiger partial charge on any atom is -0.508 e. The first-order chi connectivity index (χ1) is 30.2. The quantitative estimate of drug-likeness (QED) is 0.123. The summed E-state index contributed by atoms with van der Waals surface area (Å²) in [7, 11) is -2.38. The minimum atomic E-state index is -2.38. The molecule has 11 atom stereocenters. The van der Waals surface area contributed by atoms with Crippen molar-refractivity contribution in [2.75, 3.05) is 32.0 Å². The molecule has 4 heterocycles. The molecular formula is C39H54N10O14S. The van der Waals surface area contributed by atoms with Crippen LogP contribution in [0.15, 0.2) is 23.2 Å². The molecule has 1 saturated heterocycles. The third kappa shape index (κ3) is 11.5. The molecule has 1 fully saturated rings. The zero-order valence-corrected chi connectivity index (χ0v) is 36.0. The molecule has 1 aromatic heterocycles. The number of aromatic nitrogens is 1. The van der Waals surface area contributed by atoms with Gasteiger partial charge >= 0.3 is 0 Å². The average Bonchev–Trinajstić information content (AvgIpc) is 3.82. The number of aromatic amines is 1. The van der Waals surface area contributed by atoms with Gasteiger partial charge in [0.1, 0.15) is 47.0 Å². The first-order valence-electron chi connectivity index (χ1n) is 20.6. The number of aliphatic hydroxyl groups excluding tert-OH is 3. The molecule has 3 aliphatic rings. The molecule has 0 saturated carbocycles. The lowest BCUT2D eigenvalue weighted by atomic mass is 9.93. The van der Waals surface area contributed by atoms with Crippen LogP contribution in [0.1, 0.15) is 45.6 Å². The molecule has 2 unspecified atom stereocenters. The van der Waals surface area contributed by atoms with Crippen molar-refractivity contribution in [3.63, 3.8) is 0 Å². The number of carbonyl (C=O) groups excluding carboxylic acids is 9. The van der Waals surface area contributed by atoms with Gasteiger partial charge in [-0.1, -0.05) is 27.2 Å². The molecule has 64 heavy (non-hydrogen) atoms. The van der Waals surface area contributed by atoms with E-state index in [2.05, 4.69) is 42.2 Å². The van der Waals surface area contributed by atoms with Gasteiger partial charge in [-0.2, -0.15) is 0 Å². The van der Waals surface area contributed by atoms with Gasteiger partial charge in [0.05, 0.1) is 60.4 Å². The number of phenols is 1. The number of amides is 9. The van der Waals surface area contributed by atoms with Gasteiger partial charge in [-0.05, 0) is 23.6 Å². The summed E-state index contributed by atoms with van der Waals surface area (Å²) in [5.41, 5.74) is 5.73. The molecule has 0 aliphatic carbocycles. The second-order valence-electron chi connectivity index (χ2n) is 16.1. The highest BCUT2D eigenvalue weighted by Gasteiger charge is 2.45. The molecule has 5 rings (SSSR count). The number of aromatic hydroxyl groups is 1. The maximum atomic E-state index is 14.6. The Morgan fingerprint density at radius 2 is 1.55 bits per heavy atom. The topological polar surface area (TPSA) is 381 Å². The van der Waals surface area contributed by atoms with Gasteiger partial charge in [-0.15, -0.1) is 0 Å². The van der Waals surface area contributed by atoms with Crippen molar-refractivity contribution in [1.29, 1.82) is 0 Å². The number of nitrogens with one attached hydrogen (secondary N) is 8. The third-order valence-corrected chi connectivity index (χ3v) is 13.0. The van der Waals surface area contributed by atoms with Crippen molar-refractivity contribution in [3.8, 4) is 5.75 Å². The largest absolute Gasteiger partial charge is 0.508 e. The van der Waals surface area contributed by atoms with E-state index in [4.69, 9.17) is 5.73 Å². The number of hydrogen-bond donors (Lipinski definition) is 13. The lowest BCUT2D eigenvalue weighted by Crippen LogP contribution is -2.62. The normalized spacial score (nSPS) is 28.5. The summed E-state index contributed by atoms with van der Waals surface area (Å²) in [6, 6.07) is -5.99. The summed E-state index contributed by atoms with van der Waals surface area (Å²) in [4.78, 5) is 127. The highest BCUT2D eigenvalue weighted by Crippen LogP contribution is 2.30. The van der Waals surface area contributed by atoms with Crippen molar-refractivity contribution in [3.05, 3.63) is 23.8 Å². The third-order valence-electron chi connectivity index (χ3n) is 11.5. The molecular weight excluding hydrogens is 865 g/mol. The molecule has 9 amide bonds. The van der Waals surface area contributed by atoms with Crippen LogP contribution in [0.3, 0.4) is 0 Å². The summed E-state index contributed by atoms with van der Waals surface area (Å²) in [5.74, 6) is -12.1. The van der Waals surface area contributed by atoms with Crippen LogP contribution in [0.5, 0.6) is 5.75 Å². The SMILES string of the molecule is CC[C@H](C)[C@@H]1NC(=O)CNC(=O)[C@@H]2Cc3c([nH]c4cc(O)ccc34)S(=O)C[C@@H](NC(=O)CNC1=O)C(=O)N[C@@H](CC(N)=O)C(=O)N1C[C@H](O)C[C@H]1C(=O)NC([C@@H](C)[C@@H](O)CO)C(=O)N2. The first kappa shape index (κ1) is 48.8. The van der Waals surface area contributed by atoms with Crippen LogP contribution in [-0.2, 0) is 60.4 Å². The Hall–Kier alpha value is -6.18. The van der Waals surface area contributed by atoms with Crippen LogP contribution in [0, 0.1) is 11.8 Å². The highest BCUT2D eigenvalue weighted by atomic mass is 32.2. The Labute approximate surface area is 368 Å². The van der Waals surface area contributed by atoms with Crippen molar-refractivity contribution in [2.45, 2.75) is 99.9 Å². The Morgan fingerprint density at radius 3 is 2.20 bits per heavy atom. The smallest absolute Gasteiger partial charge is 0.246 e. The maximum absolute atomic E-state index is 14.6. The van der Waals surface area contributed by atoms with E-state index in [0.717, 1.165) is 4.90 Å². The number of hydrogen-bond acceptors (Lipinski definition) is 14. The van der Waals surface area contributed by atoms with Gasteiger partial charge in [0.2, 0.25) is 53.2 Å². The van der Waals surface area contributed by atoms with E-state index in [1.54, 1.807) is 13.8 Å². The molecule has 25 heteroatoms. The van der Waals surface area contributed by atoms with E-state index >= 15 is 0 Å². The number of nitrogens with two attached hydrogens (primary N) is 1. The lowest BCUT2D eigenvalue weighted by Gasteiger charge is -2.32. The summed E-state index contributed by atoms with van der Waals surface area (Å²) in [5, 5.41) is 58.8. The van der Waals surface area contributed by atoms with E-state index in [9.17, 15) is 67.8 Å². The summed E-state index contributed by atoms with van der Waals surface area (Å²) in [6.07, 6.45) is -4.42. The predicted molar refractivity (Wildman–Crippen MR) is 222 cm³/mol. The number of rotatable bonds is 7. The van der Waals surface area contributed by atoms with Crippen LogP contribution in [0.2, 0.25) is 0 Å². The average molecular weight is 919 g/mol.